The molecule has 0 saturated heterocycles. The highest BCUT2D eigenvalue weighted by Crippen LogP contribution is 2.26. The summed E-state index contributed by atoms with van der Waals surface area (Å²) < 4.78 is 19.8. The van der Waals surface area contributed by atoms with Crippen LogP contribution in [-0.2, 0) is 4.74 Å². The van der Waals surface area contributed by atoms with E-state index >= 15 is 0 Å². The third-order valence-corrected chi connectivity index (χ3v) is 3.94. The van der Waals surface area contributed by atoms with Crippen LogP contribution in [0.15, 0.2) is 53.5 Å². The number of rotatable bonds is 3. The largest absolute Gasteiger partial charge is 0.475 e. The Balaban J connectivity index is 1.78. The van der Waals surface area contributed by atoms with E-state index in [1.807, 2.05) is 30.3 Å². The number of urea groups is 1. The Bertz CT molecular complexity index is 919. The van der Waals surface area contributed by atoms with Crippen LogP contribution in [0.2, 0.25) is 0 Å². The highest BCUT2D eigenvalue weighted by molar-refractivity contribution is 5.95. The number of carbonyl (C=O) groups excluding carboxylic acids is 1. The van der Waals surface area contributed by atoms with E-state index in [0.717, 1.165) is 5.56 Å². The summed E-state index contributed by atoms with van der Waals surface area (Å²) in [5, 5.41) is 12.1. The fourth-order valence-corrected chi connectivity index (χ4v) is 2.55. The van der Waals surface area contributed by atoms with Crippen molar-refractivity contribution in [2.45, 2.75) is 6.04 Å². The summed E-state index contributed by atoms with van der Waals surface area (Å²) >= 11 is 0. The molecule has 27 heavy (non-hydrogen) atoms. The molecule has 2 amide bonds. The van der Waals surface area contributed by atoms with Crippen molar-refractivity contribution in [2.24, 2.45) is 4.99 Å². The van der Waals surface area contributed by atoms with Crippen molar-refractivity contribution < 1.29 is 19.1 Å². The average molecular weight is 367 g/mol. The van der Waals surface area contributed by atoms with Crippen molar-refractivity contribution in [1.82, 2.24) is 10.4 Å². The SMILES string of the molecule is CNC(=O)N(O)CC#Cc1ccc(F)c(C2=N[C@H](c3ccccc3)CO2)c1. The van der Waals surface area contributed by atoms with Gasteiger partial charge in [0.1, 0.15) is 25.0 Å². The second-order valence-corrected chi connectivity index (χ2v) is 5.78. The van der Waals surface area contributed by atoms with Crippen LogP contribution in [0, 0.1) is 17.7 Å². The van der Waals surface area contributed by atoms with Crippen molar-refractivity contribution in [1.29, 1.82) is 0 Å². The normalized spacial score (nSPS) is 15.2. The van der Waals surface area contributed by atoms with Gasteiger partial charge in [-0.2, -0.15) is 5.06 Å². The van der Waals surface area contributed by atoms with Gasteiger partial charge in [0.05, 0.1) is 5.56 Å². The molecule has 2 aromatic rings. The minimum Gasteiger partial charge on any atom is -0.475 e. The fourth-order valence-electron chi connectivity index (χ4n) is 2.55. The summed E-state index contributed by atoms with van der Waals surface area (Å²) in [6.07, 6.45) is 0. The molecule has 6 nitrogen and oxygen atoms in total. The average Bonchev–Trinajstić information content (AvgIpc) is 3.19. The number of hydroxylamine groups is 2. The quantitative estimate of drug-likeness (QED) is 0.498. The van der Waals surface area contributed by atoms with Gasteiger partial charge >= 0.3 is 6.03 Å². The lowest BCUT2D eigenvalue weighted by Crippen LogP contribution is -2.35. The zero-order valence-electron chi connectivity index (χ0n) is 14.6. The summed E-state index contributed by atoms with van der Waals surface area (Å²) in [5.41, 5.74) is 1.75. The van der Waals surface area contributed by atoms with Gasteiger partial charge in [0, 0.05) is 12.6 Å². The van der Waals surface area contributed by atoms with Crippen molar-refractivity contribution in [2.75, 3.05) is 20.2 Å². The number of benzene rings is 2. The number of ether oxygens (including phenoxy) is 1. The maximum atomic E-state index is 14.2. The first-order valence-corrected chi connectivity index (χ1v) is 8.31. The van der Waals surface area contributed by atoms with Crippen LogP contribution in [0.1, 0.15) is 22.7 Å². The number of carbonyl (C=O) groups is 1. The van der Waals surface area contributed by atoms with E-state index in [1.54, 1.807) is 0 Å². The van der Waals surface area contributed by atoms with Crippen LogP contribution < -0.4 is 5.32 Å². The third kappa shape index (κ3) is 4.43. The van der Waals surface area contributed by atoms with Crippen molar-refractivity contribution >= 4 is 11.9 Å². The molecule has 3 rings (SSSR count). The molecular formula is C20H18FN3O3. The van der Waals surface area contributed by atoms with E-state index < -0.39 is 11.8 Å². The maximum absolute atomic E-state index is 14.2. The first-order chi connectivity index (χ1) is 13.1. The molecule has 0 saturated carbocycles. The number of amides is 2. The van der Waals surface area contributed by atoms with Gasteiger partial charge in [0.15, 0.2) is 0 Å². The standard InChI is InChI=1S/C20H18FN3O3/c1-22-20(25)24(26)11-5-6-14-9-10-17(21)16(12-14)19-23-18(13-27-19)15-7-3-2-4-8-15/h2-4,7-10,12,18,26H,11,13H2,1H3,(H,22,25)/t18-/m0/s1. The van der Waals surface area contributed by atoms with E-state index in [0.29, 0.717) is 17.2 Å². The number of hydrogen-bond acceptors (Lipinski definition) is 4. The molecule has 2 N–H and O–H groups in total. The van der Waals surface area contributed by atoms with Crippen LogP contribution in [0.25, 0.3) is 0 Å². The second-order valence-electron chi connectivity index (χ2n) is 5.78. The maximum Gasteiger partial charge on any atom is 0.341 e. The van der Waals surface area contributed by atoms with Crippen molar-refractivity contribution in [3.05, 3.63) is 71.0 Å². The Hall–Kier alpha value is -3.37. The first kappa shape index (κ1) is 18.4. The molecule has 1 aliphatic rings. The third-order valence-electron chi connectivity index (χ3n) is 3.94. The number of nitrogens with one attached hydrogen (secondary N) is 1. The molecule has 7 heteroatoms. The van der Waals surface area contributed by atoms with Gasteiger partial charge in [-0.1, -0.05) is 42.2 Å². The van der Waals surface area contributed by atoms with Crippen LogP contribution in [0.4, 0.5) is 9.18 Å². The monoisotopic (exact) mass is 367 g/mol. The van der Waals surface area contributed by atoms with Crippen LogP contribution >= 0.6 is 0 Å². The highest BCUT2D eigenvalue weighted by Gasteiger charge is 2.23. The predicted molar refractivity (Wildman–Crippen MR) is 97.9 cm³/mol. The summed E-state index contributed by atoms with van der Waals surface area (Å²) in [5.74, 6) is 5.21. The van der Waals surface area contributed by atoms with E-state index in [9.17, 15) is 14.4 Å². The van der Waals surface area contributed by atoms with Gasteiger partial charge in [0.2, 0.25) is 5.90 Å². The molecule has 0 fully saturated rings. The van der Waals surface area contributed by atoms with E-state index in [-0.39, 0.29) is 24.0 Å². The van der Waals surface area contributed by atoms with Gasteiger partial charge in [-0.25, -0.2) is 14.2 Å². The molecule has 2 aromatic carbocycles. The minimum absolute atomic E-state index is 0.175. The van der Waals surface area contributed by atoms with Crippen LogP contribution in [0.5, 0.6) is 0 Å². The van der Waals surface area contributed by atoms with Gasteiger partial charge in [-0.05, 0) is 23.8 Å². The zero-order chi connectivity index (χ0) is 19.2. The molecule has 138 valence electrons. The molecule has 1 atom stereocenters. The highest BCUT2D eigenvalue weighted by atomic mass is 19.1. The number of nitrogens with zero attached hydrogens (tertiary/aromatic N) is 2. The Morgan fingerprint density at radius 3 is 2.89 bits per heavy atom. The molecule has 0 radical (unpaired) electrons. The number of halogens is 1. The smallest absolute Gasteiger partial charge is 0.341 e. The number of hydrogen-bond donors (Lipinski definition) is 2. The lowest BCUT2D eigenvalue weighted by atomic mass is 10.1. The molecule has 1 heterocycles. The Morgan fingerprint density at radius 2 is 2.15 bits per heavy atom. The molecule has 0 spiro atoms. The lowest BCUT2D eigenvalue weighted by Gasteiger charge is -2.09. The summed E-state index contributed by atoms with van der Waals surface area (Å²) in [6, 6.07) is 13.2. The number of aliphatic imine (C=N–C) groups is 1. The molecule has 0 aliphatic carbocycles. The van der Waals surface area contributed by atoms with Crippen LogP contribution in [-0.4, -0.2) is 42.4 Å². The summed E-state index contributed by atoms with van der Waals surface area (Å²) in [7, 11) is 1.40. The summed E-state index contributed by atoms with van der Waals surface area (Å²) in [4.78, 5) is 15.7. The summed E-state index contributed by atoms with van der Waals surface area (Å²) in [6.45, 7) is 0.167. The second kappa shape index (κ2) is 8.34. The van der Waals surface area contributed by atoms with Crippen molar-refractivity contribution in [3.63, 3.8) is 0 Å². The first-order valence-electron chi connectivity index (χ1n) is 8.31. The van der Waals surface area contributed by atoms with Gasteiger partial charge in [-0.3, -0.25) is 5.21 Å². The molecule has 1 aliphatic heterocycles. The molecular weight excluding hydrogens is 349 g/mol. The van der Waals surface area contributed by atoms with E-state index in [1.165, 1.54) is 25.2 Å². The van der Waals surface area contributed by atoms with Crippen molar-refractivity contribution in [3.8, 4) is 11.8 Å². The molecule has 0 unspecified atom stereocenters. The van der Waals surface area contributed by atoms with E-state index in [2.05, 4.69) is 22.2 Å². The Morgan fingerprint density at radius 1 is 1.37 bits per heavy atom. The van der Waals surface area contributed by atoms with Gasteiger partial charge in [-0.15, -0.1) is 0 Å². The van der Waals surface area contributed by atoms with Crippen LogP contribution in [0.3, 0.4) is 0 Å². The zero-order valence-corrected chi connectivity index (χ0v) is 14.6. The molecule has 0 aromatic heterocycles. The predicted octanol–water partition coefficient (Wildman–Crippen LogP) is 2.73. The topological polar surface area (TPSA) is 74.2 Å². The van der Waals surface area contributed by atoms with E-state index in [4.69, 9.17) is 4.74 Å². The van der Waals surface area contributed by atoms with Gasteiger partial charge in [0.25, 0.3) is 0 Å². The Labute approximate surface area is 156 Å². The minimum atomic E-state index is -0.662. The van der Waals surface area contributed by atoms with Gasteiger partial charge < -0.3 is 10.1 Å². The lowest BCUT2D eigenvalue weighted by molar-refractivity contribution is -0.0301. The Kier molecular flexibility index (Phi) is 5.69. The molecule has 0 bridgehead atoms. The fraction of sp³-hybridized carbons (Fsp3) is 0.200.